The largest absolute Gasteiger partial charge is 0.454 e. The van der Waals surface area contributed by atoms with Crippen molar-refractivity contribution in [3.63, 3.8) is 0 Å². The first kappa shape index (κ1) is 15.6. The highest BCUT2D eigenvalue weighted by atomic mass is 16.7. The highest BCUT2D eigenvalue weighted by molar-refractivity contribution is 5.44. The first-order chi connectivity index (χ1) is 10.7. The summed E-state index contributed by atoms with van der Waals surface area (Å²) in [5, 5.41) is 10.3. The van der Waals surface area contributed by atoms with Crippen molar-refractivity contribution in [3.05, 3.63) is 23.8 Å². The Bertz CT molecular complexity index is 489. The Balaban J connectivity index is 1.52. The summed E-state index contributed by atoms with van der Waals surface area (Å²) in [6.07, 6.45) is 2.25. The molecule has 5 nitrogen and oxygen atoms in total. The van der Waals surface area contributed by atoms with Crippen LogP contribution in [0.15, 0.2) is 18.2 Å². The van der Waals surface area contributed by atoms with Crippen LogP contribution in [0.5, 0.6) is 11.5 Å². The minimum absolute atomic E-state index is 0.285. The van der Waals surface area contributed by atoms with Gasteiger partial charge in [0.25, 0.3) is 0 Å². The van der Waals surface area contributed by atoms with Crippen LogP contribution < -0.4 is 9.47 Å². The number of aliphatic hydroxyl groups excluding tert-OH is 1. The lowest BCUT2D eigenvalue weighted by Gasteiger charge is -2.26. The van der Waals surface area contributed by atoms with E-state index in [9.17, 15) is 5.11 Å². The van der Waals surface area contributed by atoms with Gasteiger partial charge in [0.2, 0.25) is 6.79 Å². The van der Waals surface area contributed by atoms with E-state index in [4.69, 9.17) is 9.47 Å². The number of rotatable bonds is 7. The van der Waals surface area contributed by atoms with Crippen molar-refractivity contribution in [2.24, 2.45) is 0 Å². The van der Waals surface area contributed by atoms with Gasteiger partial charge in [0, 0.05) is 19.6 Å². The van der Waals surface area contributed by atoms with E-state index in [-0.39, 0.29) is 6.10 Å². The minimum atomic E-state index is -0.285. The molecule has 0 aromatic heterocycles. The normalized spacial score (nSPS) is 19.0. The average molecular weight is 306 g/mol. The maximum Gasteiger partial charge on any atom is 0.231 e. The van der Waals surface area contributed by atoms with Crippen LogP contribution in [0.25, 0.3) is 0 Å². The molecule has 122 valence electrons. The summed E-state index contributed by atoms with van der Waals surface area (Å²) >= 11 is 0. The van der Waals surface area contributed by atoms with Gasteiger partial charge in [-0.3, -0.25) is 4.90 Å². The van der Waals surface area contributed by atoms with Gasteiger partial charge in [-0.25, -0.2) is 0 Å². The quantitative estimate of drug-likeness (QED) is 0.830. The molecule has 22 heavy (non-hydrogen) atoms. The molecule has 0 saturated carbocycles. The number of aliphatic hydroxyl groups is 1. The van der Waals surface area contributed by atoms with Gasteiger partial charge >= 0.3 is 0 Å². The number of ether oxygens (including phenoxy) is 2. The smallest absolute Gasteiger partial charge is 0.231 e. The molecule has 2 heterocycles. The molecule has 2 aliphatic heterocycles. The minimum Gasteiger partial charge on any atom is -0.454 e. The van der Waals surface area contributed by atoms with E-state index >= 15 is 0 Å². The monoisotopic (exact) mass is 306 g/mol. The number of β-amino-alcohol motifs (C(OH)–C–C–N with tert-alkyl or cyclic N) is 1. The molecule has 0 bridgehead atoms. The second-order valence-corrected chi connectivity index (χ2v) is 6.18. The Hall–Kier alpha value is -1.30. The predicted octanol–water partition coefficient (Wildman–Crippen LogP) is 1.69. The Morgan fingerprint density at radius 2 is 2.00 bits per heavy atom. The van der Waals surface area contributed by atoms with Crippen molar-refractivity contribution < 1.29 is 14.6 Å². The van der Waals surface area contributed by atoms with Gasteiger partial charge in [-0.2, -0.15) is 0 Å². The lowest BCUT2D eigenvalue weighted by molar-refractivity contribution is 0.0805. The number of hydrogen-bond donors (Lipinski definition) is 1. The van der Waals surface area contributed by atoms with E-state index < -0.39 is 0 Å². The Labute approximate surface area is 132 Å². The number of nitrogens with zero attached hydrogens (tertiary/aromatic N) is 2. The Morgan fingerprint density at radius 1 is 1.23 bits per heavy atom. The van der Waals surface area contributed by atoms with Crippen LogP contribution in [-0.4, -0.2) is 60.5 Å². The lowest BCUT2D eigenvalue weighted by Crippen LogP contribution is -2.39. The molecule has 0 radical (unpaired) electrons. The standard InChI is InChI=1S/C17H26N2O3/c1-2-18(11-15(20)12-19-7-3-4-8-19)10-14-5-6-16-17(9-14)22-13-21-16/h5-6,9,15,20H,2-4,7-8,10-13H2,1H3. The molecule has 1 atom stereocenters. The summed E-state index contributed by atoms with van der Waals surface area (Å²) in [6.45, 7) is 7.95. The van der Waals surface area contributed by atoms with Gasteiger partial charge in [0.05, 0.1) is 6.10 Å². The zero-order valence-electron chi connectivity index (χ0n) is 13.3. The van der Waals surface area contributed by atoms with E-state index in [2.05, 4.69) is 22.8 Å². The number of fused-ring (bicyclic) bond motifs is 1. The molecule has 0 spiro atoms. The van der Waals surface area contributed by atoms with Crippen LogP contribution in [0.4, 0.5) is 0 Å². The van der Waals surface area contributed by atoms with Gasteiger partial charge < -0.3 is 19.5 Å². The number of hydrogen-bond acceptors (Lipinski definition) is 5. The third-order valence-corrected chi connectivity index (χ3v) is 4.43. The first-order valence-corrected chi connectivity index (χ1v) is 8.26. The number of benzene rings is 1. The first-order valence-electron chi connectivity index (χ1n) is 8.26. The highest BCUT2D eigenvalue weighted by Gasteiger charge is 2.19. The number of likely N-dealkylation sites (N-methyl/N-ethyl adjacent to an activating group) is 1. The Kier molecular flexibility index (Phi) is 5.18. The predicted molar refractivity (Wildman–Crippen MR) is 85.2 cm³/mol. The van der Waals surface area contributed by atoms with E-state index in [1.54, 1.807) is 0 Å². The summed E-state index contributed by atoms with van der Waals surface area (Å²) in [7, 11) is 0. The van der Waals surface area contributed by atoms with Crippen LogP contribution in [0.3, 0.4) is 0 Å². The fourth-order valence-corrected chi connectivity index (χ4v) is 3.22. The van der Waals surface area contributed by atoms with Gasteiger partial charge in [-0.1, -0.05) is 13.0 Å². The summed E-state index contributed by atoms with van der Waals surface area (Å²) < 4.78 is 10.8. The topological polar surface area (TPSA) is 45.2 Å². The van der Waals surface area contributed by atoms with Crippen LogP contribution in [0, 0.1) is 0 Å². The molecular weight excluding hydrogens is 280 g/mol. The molecule has 1 aromatic rings. The molecule has 1 saturated heterocycles. The zero-order valence-corrected chi connectivity index (χ0v) is 13.3. The molecule has 0 amide bonds. The summed E-state index contributed by atoms with van der Waals surface area (Å²) in [5.41, 5.74) is 1.19. The maximum atomic E-state index is 10.3. The van der Waals surface area contributed by atoms with E-state index in [0.29, 0.717) is 13.3 Å². The maximum absolute atomic E-state index is 10.3. The molecule has 1 aromatic carbocycles. The van der Waals surface area contributed by atoms with E-state index in [1.165, 1.54) is 18.4 Å². The molecule has 1 unspecified atom stereocenters. The summed E-state index contributed by atoms with van der Waals surface area (Å²) in [5.74, 6) is 1.65. The van der Waals surface area contributed by atoms with Crippen LogP contribution in [-0.2, 0) is 6.54 Å². The van der Waals surface area contributed by atoms with Crippen molar-refractivity contribution in [1.29, 1.82) is 0 Å². The highest BCUT2D eigenvalue weighted by Crippen LogP contribution is 2.32. The van der Waals surface area contributed by atoms with Crippen molar-refractivity contribution in [2.75, 3.05) is 39.5 Å². The van der Waals surface area contributed by atoms with E-state index in [1.807, 2.05) is 12.1 Å². The van der Waals surface area contributed by atoms with Crippen LogP contribution in [0.1, 0.15) is 25.3 Å². The van der Waals surface area contributed by atoms with Crippen molar-refractivity contribution in [1.82, 2.24) is 9.80 Å². The molecule has 1 N–H and O–H groups in total. The van der Waals surface area contributed by atoms with Gasteiger partial charge in [-0.05, 0) is 50.2 Å². The van der Waals surface area contributed by atoms with E-state index in [0.717, 1.165) is 44.2 Å². The second kappa shape index (κ2) is 7.31. The van der Waals surface area contributed by atoms with Crippen LogP contribution in [0.2, 0.25) is 0 Å². The fraction of sp³-hybridized carbons (Fsp3) is 0.647. The van der Waals surface area contributed by atoms with Gasteiger partial charge in [-0.15, -0.1) is 0 Å². The molecule has 0 aliphatic carbocycles. The molecule has 2 aliphatic rings. The average Bonchev–Trinajstić information content (AvgIpc) is 3.17. The van der Waals surface area contributed by atoms with Crippen molar-refractivity contribution >= 4 is 0 Å². The third kappa shape index (κ3) is 3.91. The SMILES string of the molecule is CCN(Cc1ccc2c(c1)OCO2)CC(O)CN1CCCC1. The fourth-order valence-electron chi connectivity index (χ4n) is 3.22. The third-order valence-electron chi connectivity index (χ3n) is 4.43. The second-order valence-electron chi connectivity index (χ2n) is 6.18. The molecule has 5 heteroatoms. The summed E-state index contributed by atoms with van der Waals surface area (Å²) in [4.78, 5) is 4.64. The van der Waals surface area contributed by atoms with Crippen LogP contribution >= 0.6 is 0 Å². The Morgan fingerprint density at radius 3 is 2.77 bits per heavy atom. The summed E-state index contributed by atoms with van der Waals surface area (Å²) in [6, 6.07) is 6.08. The van der Waals surface area contributed by atoms with Crippen molar-refractivity contribution in [2.45, 2.75) is 32.4 Å². The lowest BCUT2D eigenvalue weighted by atomic mass is 10.1. The van der Waals surface area contributed by atoms with Gasteiger partial charge in [0.15, 0.2) is 11.5 Å². The molecule has 1 fully saturated rings. The molecular formula is C17H26N2O3. The van der Waals surface area contributed by atoms with Gasteiger partial charge in [0.1, 0.15) is 0 Å². The number of likely N-dealkylation sites (tertiary alicyclic amines) is 1. The van der Waals surface area contributed by atoms with Crippen molar-refractivity contribution in [3.8, 4) is 11.5 Å². The zero-order chi connectivity index (χ0) is 15.4. The molecule has 3 rings (SSSR count).